The van der Waals surface area contributed by atoms with Gasteiger partial charge in [0.2, 0.25) is 0 Å². The Morgan fingerprint density at radius 1 is 1.21 bits per heavy atom. The minimum Gasteiger partial charge on any atom is -0.320 e. The van der Waals surface area contributed by atoms with Crippen LogP contribution in [0.1, 0.15) is 52.4 Å². The summed E-state index contributed by atoms with van der Waals surface area (Å²) in [6, 6.07) is 1.56. The minimum atomic E-state index is 0.359. The van der Waals surface area contributed by atoms with Crippen LogP contribution in [0.25, 0.3) is 0 Å². The first-order valence-electron chi connectivity index (χ1n) is 8.16. The summed E-state index contributed by atoms with van der Waals surface area (Å²) in [5.41, 5.74) is 0.359. The molecule has 2 rings (SSSR count). The fourth-order valence-electron chi connectivity index (χ4n) is 4.14. The normalized spacial score (nSPS) is 30.6. The van der Waals surface area contributed by atoms with Gasteiger partial charge < -0.3 is 10.2 Å². The first kappa shape index (κ1) is 15.3. The highest BCUT2D eigenvalue weighted by molar-refractivity contribution is 4.96. The van der Waals surface area contributed by atoms with Gasteiger partial charge in [0.15, 0.2) is 0 Å². The van der Waals surface area contributed by atoms with Gasteiger partial charge in [-0.2, -0.15) is 0 Å². The number of hydrogen-bond acceptors (Lipinski definition) is 3. The third kappa shape index (κ3) is 3.71. The zero-order valence-electron chi connectivity index (χ0n) is 13.4. The lowest BCUT2D eigenvalue weighted by atomic mass is 9.93. The van der Waals surface area contributed by atoms with Crippen LogP contribution >= 0.6 is 0 Å². The van der Waals surface area contributed by atoms with Crippen molar-refractivity contribution in [1.82, 2.24) is 15.1 Å². The molecule has 1 aliphatic heterocycles. The quantitative estimate of drug-likeness (QED) is 0.843. The largest absolute Gasteiger partial charge is 0.320 e. The Morgan fingerprint density at radius 3 is 2.53 bits per heavy atom. The van der Waals surface area contributed by atoms with E-state index in [1.165, 1.54) is 51.6 Å². The molecule has 0 aromatic heterocycles. The van der Waals surface area contributed by atoms with E-state index in [0.29, 0.717) is 5.54 Å². The maximum absolute atomic E-state index is 3.34. The second-order valence-corrected chi connectivity index (χ2v) is 7.22. The van der Waals surface area contributed by atoms with Crippen molar-refractivity contribution in [1.29, 1.82) is 0 Å². The molecule has 3 heteroatoms. The summed E-state index contributed by atoms with van der Waals surface area (Å²) in [4.78, 5) is 5.44. The lowest BCUT2D eigenvalue weighted by Crippen LogP contribution is -2.55. The van der Waals surface area contributed by atoms with Crippen LogP contribution in [0.5, 0.6) is 0 Å². The Hall–Kier alpha value is -0.120. The Morgan fingerprint density at radius 2 is 1.89 bits per heavy atom. The first-order valence-corrected chi connectivity index (χ1v) is 8.16. The minimum absolute atomic E-state index is 0.359. The zero-order valence-corrected chi connectivity index (χ0v) is 13.4. The van der Waals surface area contributed by atoms with Crippen molar-refractivity contribution in [3.63, 3.8) is 0 Å². The van der Waals surface area contributed by atoms with Gasteiger partial charge in [-0.15, -0.1) is 0 Å². The Bertz CT molecular complexity index is 271. The van der Waals surface area contributed by atoms with Gasteiger partial charge in [-0.1, -0.05) is 12.8 Å². The third-order valence-electron chi connectivity index (χ3n) is 5.17. The van der Waals surface area contributed by atoms with Crippen LogP contribution in [0.4, 0.5) is 0 Å². The van der Waals surface area contributed by atoms with Gasteiger partial charge in [0.05, 0.1) is 0 Å². The highest BCUT2D eigenvalue weighted by Gasteiger charge is 2.40. The second kappa shape index (κ2) is 6.55. The number of hydrogen-bond donors (Lipinski definition) is 1. The van der Waals surface area contributed by atoms with Crippen LogP contribution in [-0.2, 0) is 0 Å². The third-order valence-corrected chi connectivity index (χ3v) is 5.17. The monoisotopic (exact) mass is 267 g/mol. The topological polar surface area (TPSA) is 18.5 Å². The van der Waals surface area contributed by atoms with Gasteiger partial charge in [0.25, 0.3) is 0 Å². The van der Waals surface area contributed by atoms with E-state index in [0.717, 1.165) is 18.6 Å². The van der Waals surface area contributed by atoms with Gasteiger partial charge in [-0.05, 0) is 66.7 Å². The van der Waals surface area contributed by atoms with Crippen LogP contribution in [-0.4, -0.2) is 61.2 Å². The molecule has 112 valence electrons. The van der Waals surface area contributed by atoms with Crippen LogP contribution in [0.15, 0.2) is 0 Å². The average Bonchev–Trinajstić information content (AvgIpc) is 2.83. The predicted molar refractivity (Wildman–Crippen MR) is 82.6 cm³/mol. The molecule has 0 radical (unpaired) electrons. The van der Waals surface area contributed by atoms with Crippen molar-refractivity contribution in [2.24, 2.45) is 0 Å². The number of nitrogens with one attached hydrogen (secondary N) is 1. The Labute approximate surface area is 119 Å². The summed E-state index contributed by atoms with van der Waals surface area (Å²) < 4.78 is 0. The molecule has 1 saturated heterocycles. The molecule has 1 N–H and O–H groups in total. The predicted octanol–water partition coefficient (Wildman–Crippen LogP) is 2.32. The van der Waals surface area contributed by atoms with Gasteiger partial charge >= 0.3 is 0 Å². The van der Waals surface area contributed by atoms with Crippen LogP contribution < -0.4 is 5.32 Å². The van der Waals surface area contributed by atoms with E-state index in [1.54, 1.807) is 0 Å². The van der Waals surface area contributed by atoms with E-state index in [-0.39, 0.29) is 0 Å². The number of rotatable bonds is 4. The summed E-state index contributed by atoms with van der Waals surface area (Å²) in [5, 5.41) is 3.34. The van der Waals surface area contributed by atoms with Crippen LogP contribution in [0.3, 0.4) is 0 Å². The molecule has 2 fully saturated rings. The van der Waals surface area contributed by atoms with Crippen molar-refractivity contribution in [2.75, 3.05) is 33.7 Å². The molecule has 0 bridgehead atoms. The lowest BCUT2D eigenvalue weighted by molar-refractivity contribution is 0.0271. The number of nitrogens with zero attached hydrogens (tertiary/aromatic N) is 2. The smallest absolute Gasteiger partial charge is 0.0243 e. The molecule has 1 unspecified atom stereocenters. The molecular weight excluding hydrogens is 234 g/mol. The Balaban J connectivity index is 2.16. The van der Waals surface area contributed by atoms with Crippen molar-refractivity contribution in [2.45, 2.75) is 70.0 Å². The molecule has 1 atom stereocenters. The van der Waals surface area contributed by atoms with Gasteiger partial charge in [0.1, 0.15) is 0 Å². The molecule has 2 aliphatic rings. The fraction of sp³-hybridized carbons (Fsp3) is 1.00. The summed E-state index contributed by atoms with van der Waals surface area (Å²) in [7, 11) is 4.37. The molecule has 1 saturated carbocycles. The Kier molecular flexibility index (Phi) is 5.27. The van der Waals surface area contributed by atoms with Crippen molar-refractivity contribution < 1.29 is 0 Å². The van der Waals surface area contributed by atoms with Crippen LogP contribution in [0, 0.1) is 0 Å². The van der Waals surface area contributed by atoms with E-state index in [4.69, 9.17) is 0 Å². The van der Waals surface area contributed by atoms with E-state index in [2.05, 4.69) is 43.1 Å². The molecule has 0 aromatic carbocycles. The SMILES string of the molecule is CNCCC1CN(C)CCC(C)(C)N1C1CCCC1. The first-order chi connectivity index (χ1) is 9.04. The second-order valence-electron chi connectivity index (χ2n) is 7.22. The maximum atomic E-state index is 3.34. The van der Waals surface area contributed by atoms with Crippen LogP contribution in [0.2, 0.25) is 0 Å². The van der Waals surface area contributed by atoms with Gasteiger partial charge in [-0.25, -0.2) is 0 Å². The highest BCUT2D eigenvalue weighted by Crippen LogP contribution is 2.35. The van der Waals surface area contributed by atoms with E-state index < -0.39 is 0 Å². The molecular formula is C16H33N3. The number of likely N-dealkylation sites (N-methyl/N-ethyl adjacent to an activating group) is 1. The molecule has 3 nitrogen and oxygen atoms in total. The van der Waals surface area contributed by atoms with Crippen molar-refractivity contribution >= 4 is 0 Å². The molecule has 0 aromatic rings. The molecule has 0 spiro atoms. The van der Waals surface area contributed by atoms with Gasteiger partial charge in [0, 0.05) is 24.2 Å². The van der Waals surface area contributed by atoms with E-state index in [9.17, 15) is 0 Å². The summed E-state index contributed by atoms with van der Waals surface area (Å²) >= 11 is 0. The van der Waals surface area contributed by atoms with Gasteiger partial charge in [-0.3, -0.25) is 4.90 Å². The molecule has 1 heterocycles. The summed E-state index contributed by atoms with van der Waals surface area (Å²) in [6.45, 7) is 8.55. The van der Waals surface area contributed by atoms with Crippen molar-refractivity contribution in [3.05, 3.63) is 0 Å². The summed E-state index contributed by atoms with van der Waals surface area (Å²) in [5.74, 6) is 0. The standard InChI is InChI=1S/C16H33N3/c1-16(2)10-12-18(4)13-15(9-11-17-3)19(16)14-7-5-6-8-14/h14-15,17H,5-13H2,1-4H3. The maximum Gasteiger partial charge on any atom is 0.0243 e. The average molecular weight is 267 g/mol. The van der Waals surface area contributed by atoms with Crippen molar-refractivity contribution in [3.8, 4) is 0 Å². The molecule has 0 amide bonds. The van der Waals surface area contributed by atoms with E-state index in [1.807, 2.05) is 0 Å². The zero-order chi connectivity index (χ0) is 13.9. The summed E-state index contributed by atoms with van der Waals surface area (Å²) in [6.07, 6.45) is 8.29. The fourth-order valence-corrected chi connectivity index (χ4v) is 4.14. The molecule has 19 heavy (non-hydrogen) atoms. The lowest BCUT2D eigenvalue weighted by Gasteiger charge is -2.46. The van der Waals surface area contributed by atoms with E-state index >= 15 is 0 Å². The highest BCUT2D eigenvalue weighted by atomic mass is 15.3. The molecule has 1 aliphatic carbocycles.